The standard InChI is InChI=1S/C22H23N5O3S/c1-16-4-3-11-27(15-16)31(28,29)19-8-6-18(7-9-19)21-26-20(12-23)22(30-21)25-14-17-5-2-10-24-13-17/h2,5-10,13,16,25H,3-4,11,14-15H2,1H3/t16-/m0/s1. The zero-order chi connectivity index (χ0) is 21.8. The van der Waals surface area contributed by atoms with Gasteiger partial charge in [-0.1, -0.05) is 13.0 Å². The third kappa shape index (κ3) is 4.60. The van der Waals surface area contributed by atoms with Crippen LogP contribution in [0, 0.1) is 17.2 Å². The molecule has 1 aromatic carbocycles. The molecule has 0 spiro atoms. The number of anilines is 1. The van der Waals surface area contributed by atoms with Gasteiger partial charge < -0.3 is 9.73 Å². The van der Waals surface area contributed by atoms with Crippen molar-refractivity contribution in [2.24, 2.45) is 5.92 Å². The van der Waals surface area contributed by atoms with Crippen molar-refractivity contribution in [3.63, 3.8) is 0 Å². The average Bonchev–Trinajstić information content (AvgIpc) is 3.22. The highest BCUT2D eigenvalue weighted by molar-refractivity contribution is 7.89. The minimum absolute atomic E-state index is 0.137. The minimum Gasteiger partial charge on any atom is -0.419 e. The first kappa shape index (κ1) is 21.0. The molecule has 8 nitrogen and oxygen atoms in total. The Morgan fingerprint density at radius 1 is 1.29 bits per heavy atom. The molecule has 0 unspecified atom stereocenters. The summed E-state index contributed by atoms with van der Waals surface area (Å²) in [7, 11) is -3.53. The molecule has 160 valence electrons. The lowest BCUT2D eigenvalue weighted by molar-refractivity contribution is 0.281. The SMILES string of the molecule is C[C@H]1CCCN(S(=O)(=O)c2ccc(-c3nc(C#N)c(NCc4cccnc4)o3)cc2)C1. The van der Waals surface area contributed by atoms with Crippen LogP contribution in [0.3, 0.4) is 0 Å². The van der Waals surface area contributed by atoms with E-state index in [1.165, 1.54) is 0 Å². The highest BCUT2D eigenvalue weighted by Crippen LogP contribution is 2.28. The van der Waals surface area contributed by atoms with E-state index in [9.17, 15) is 13.7 Å². The molecule has 2 aromatic heterocycles. The number of hydrogen-bond donors (Lipinski definition) is 1. The van der Waals surface area contributed by atoms with Crippen LogP contribution in [0.15, 0.2) is 58.1 Å². The lowest BCUT2D eigenvalue weighted by Gasteiger charge is -2.30. The van der Waals surface area contributed by atoms with Gasteiger partial charge in [-0.3, -0.25) is 4.98 Å². The van der Waals surface area contributed by atoms with Crippen molar-refractivity contribution in [3.8, 4) is 17.5 Å². The smallest absolute Gasteiger partial charge is 0.243 e. The summed E-state index contributed by atoms with van der Waals surface area (Å²) in [5.74, 6) is 0.873. The molecular formula is C22H23N5O3S. The number of piperidine rings is 1. The Balaban J connectivity index is 1.52. The number of aromatic nitrogens is 2. The second-order valence-corrected chi connectivity index (χ2v) is 9.60. The summed E-state index contributed by atoms with van der Waals surface area (Å²) in [6.07, 6.45) is 5.33. The van der Waals surface area contributed by atoms with E-state index in [0.29, 0.717) is 31.1 Å². The van der Waals surface area contributed by atoms with Crippen molar-refractivity contribution in [2.45, 2.75) is 31.2 Å². The summed E-state index contributed by atoms with van der Waals surface area (Å²) < 4.78 is 33.2. The van der Waals surface area contributed by atoms with Gasteiger partial charge in [0.15, 0.2) is 0 Å². The van der Waals surface area contributed by atoms with E-state index in [1.54, 1.807) is 41.0 Å². The fourth-order valence-corrected chi connectivity index (χ4v) is 5.21. The van der Waals surface area contributed by atoms with Crippen molar-refractivity contribution >= 4 is 15.9 Å². The van der Waals surface area contributed by atoms with E-state index < -0.39 is 10.0 Å². The second-order valence-electron chi connectivity index (χ2n) is 7.66. The molecule has 1 saturated heterocycles. The molecule has 0 saturated carbocycles. The maximum Gasteiger partial charge on any atom is 0.243 e. The fraction of sp³-hybridized carbons (Fsp3) is 0.318. The molecule has 9 heteroatoms. The number of hydrogen-bond acceptors (Lipinski definition) is 7. The van der Waals surface area contributed by atoms with Gasteiger partial charge in [0.25, 0.3) is 0 Å². The van der Waals surface area contributed by atoms with Gasteiger partial charge in [-0.2, -0.15) is 14.6 Å². The lowest BCUT2D eigenvalue weighted by Crippen LogP contribution is -2.39. The van der Waals surface area contributed by atoms with E-state index in [-0.39, 0.29) is 22.4 Å². The van der Waals surface area contributed by atoms with Crippen LogP contribution in [0.25, 0.3) is 11.5 Å². The van der Waals surface area contributed by atoms with Crippen LogP contribution in [-0.2, 0) is 16.6 Å². The number of oxazole rings is 1. The number of nitriles is 1. The van der Waals surface area contributed by atoms with E-state index in [1.807, 2.05) is 18.2 Å². The van der Waals surface area contributed by atoms with Crippen LogP contribution in [0.5, 0.6) is 0 Å². The molecule has 4 rings (SSSR count). The molecule has 0 amide bonds. The van der Waals surface area contributed by atoms with E-state index in [2.05, 4.69) is 22.2 Å². The van der Waals surface area contributed by atoms with Crippen molar-refractivity contribution in [3.05, 3.63) is 60.0 Å². The quantitative estimate of drug-likeness (QED) is 0.626. The molecular weight excluding hydrogens is 414 g/mol. The van der Waals surface area contributed by atoms with E-state index in [0.717, 1.165) is 18.4 Å². The zero-order valence-electron chi connectivity index (χ0n) is 17.2. The summed E-state index contributed by atoms with van der Waals surface area (Å²) in [5, 5.41) is 12.4. The topological polar surface area (TPSA) is 112 Å². The number of nitrogens with zero attached hydrogens (tertiary/aromatic N) is 4. The molecule has 1 aliphatic rings. The van der Waals surface area contributed by atoms with Gasteiger partial charge >= 0.3 is 0 Å². The Morgan fingerprint density at radius 2 is 2.10 bits per heavy atom. The maximum atomic E-state index is 12.9. The molecule has 1 fully saturated rings. The second kappa shape index (κ2) is 8.88. The summed E-state index contributed by atoms with van der Waals surface area (Å²) >= 11 is 0. The van der Waals surface area contributed by atoms with Gasteiger partial charge in [0.1, 0.15) is 6.07 Å². The third-order valence-electron chi connectivity index (χ3n) is 5.27. The fourth-order valence-electron chi connectivity index (χ4n) is 3.61. The molecule has 0 radical (unpaired) electrons. The van der Waals surface area contributed by atoms with Gasteiger partial charge in [-0.05, 0) is 54.7 Å². The van der Waals surface area contributed by atoms with Gasteiger partial charge in [0.2, 0.25) is 27.5 Å². The van der Waals surface area contributed by atoms with Crippen LogP contribution >= 0.6 is 0 Å². The Kier molecular flexibility index (Phi) is 6.02. The van der Waals surface area contributed by atoms with Crippen molar-refractivity contribution in [1.29, 1.82) is 5.26 Å². The van der Waals surface area contributed by atoms with Crippen LogP contribution in [0.2, 0.25) is 0 Å². The summed E-state index contributed by atoms with van der Waals surface area (Å²) in [6.45, 7) is 3.59. The summed E-state index contributed by atoms with van der Waals surface area (Å²) in [5.41, 5.74) is 1.67. The molecule has 31 heavy (non-hydrogen) atoms. The molecule has 1 atom stereocenters. The normalized spacial score (nSPS) is 17.2. The van der Waals surface area contributed by atoms with Crippen LogP contribution in [0.4, 0.5) is 5.88 Å². The highest BCUT2D eigenvalue weighted by atomic mass is 32.2. The van der Waals surface area contributed by atoms with Crippen molar-refractivity contribution in [1.82, 2.24) is 14.3 Å². The van der Waals surface area contributed by atoms with Crippen LogP contribution < -0.4 is 5.32 Å². The van der Waals surface area contributed by atoms with Crippen LogP contribution in [-0.4, -0.2) is 35.8 Å². The highest BCUT2D eigenvalue weighted by Gasteiger charge is 2.28. The van der Waals surface area contributed by atoms with Gasteiger partial charge in [-0.25, -0.2) is 8.42 Å². The van der Waals surface area contributed by atoms with E-state index >= 15 is 0 Å². The van der Waals surface area contributed by atoms with Gasteiger partial charge in [0, 0.05) is 37.6 Å². The average molecular weight is 438 g/mol. The monoisotopic (exact) mass is 437 g/mol. The Bertz CT molecular complexity index is 1180. The molecule has 1 N–H and O–H groups in total. The first-order valence-corrected chi connectivity index (χ1v) is 11.6. The van der Waals surface area contributed by atoms with Crippen LogP contribution in [0.1, 0.15) is 31.0 Å². The molecule has 0 aliphatic carbocycles. The lowest BCUT2D eigenvalue weighted by atomic mass is 10.0. The number of rotatable bonds is 6. The van der Waals surface area contributed by atoms with Crippen molar-refractivity contribution in [2.75, 3.05) is 18.4 Å². The number of sulfonamides is 1. The predicted octanol–water partition coefficient (Wildman–Crippen LogP) is 3.64. The minimum atomic E-state index is -3.53. The predicted molar refractivity (Wildman–Crippen MR) is 115 cm³/mol. The number of nitrogens with one attached hydrogen (secondary N) is 1. The van der Waals surface area contributed by atoms with Gasteiger partial charge in [-0.15, -0.1) is 0 Å². The molecule has 3 aromatic rings. The Morgan fingerprint density at radius 3 is 2.77 bits per heavy atom. The first-order valence-electron chi connectivity index (χ1n) is 10.1. The molecule has 0 bridgehead atoms. The third-order valence-corrected chi connectivity index (χ3v) is 7.15. The zero-order valence-corrected chi connectivity index (χ0v) is 18.0. The summed E-state index contributed by atoms with van der Waals surface area (Å²) in [6, 6.07) is 12.2. The largest absolute Gasteiger partial charge is 0.419 e. The van der Waals surface area contributed by atoms with Crippen molar-refractivity contribution < 1.29 is 12.8 Å². The van der Waals surface area contributed by atoms with E-state index in [4.69, 9.17) is 4.42 Å². The summed E-state index contributed by atoms with van der Waals surface area (Å²) in [4.78, 5) is 8.53. The number of benzene rings is 1. The molecule has 3 heterocycles. The first-order chi connectivity index (χ1) is 15.0. The van der Waals surface area contributed by atoms with Gasteiger partial charge in [0.05, 0.1) is 4.90 Å². The Labute approximate surface area is 181 Å². The number of pyridine rings is 1. The Hall–Kier alpha value is -3.22. The molecule has 1 aliphatic heterocycles. The maximum absolute atomic E-state index is 12.9.